The maximum Gasteiger partial charge on any atom is 0.255 e. The van der Waals surface area contributed by atoms with Crippen molar-refractivity contribution in [2.45, 2.75) is 12.5 Å². The molecule has 8 heteroatoms. The van der Waals surface area contributed by atoms with Gasteiger partial charge < -0.3 is 34.9 Å². The average Bonchev–Trinajstić information content (AvgIpc) is 3.33. The second kappa shape index (κ2) is 10.2. The molecule has 1 amide bonds. The first kappa shape index (κ1) is 23.1. The van der Waals surface area contributed by atoms with Crippen LogP contribution in [0.25, 0.3) is 0 Å². The molecule has 1 unspecified atom stereocenters. The summed E-state index contributed by atoms with van der Waals surface area (Å²) in [6.45, 7) is 1.57. The van der Waals surface area contributed by atoms with Crippen LogP contribution in [0.4, 0.5) is 17.1 Å². The number of rotatable bonds is 8. The molecule has 0 bridgehead atoms. The molecule has 0 spiro atoms. The van der Waals surface area contributed by atoms with Crippen molar-refractivity contribution in [3.8, 4) is 23.0 Å². The molecule has 0 saturated carbocycles. The van der Waals surface area contributed by atoms with E-state index in [0.717, 1.165) is 25.2 Å². The molecule has 1 aliphatic rings. The number of amides is 1. The molecule has 34 heavy (non-hydrogen) atoms. The van der Waals surface area contributed by atoms with Crippen molar-refractivity contribution < 1.29 is 23.7 Å². The van der Waals surface area contributed by atoms with Crippen molar-refractivity contribution in [1.29, 1.82) is 0 Å². The summed E-state index contributed by atoms with van der Waals surface area (Å²) in [6.07, 6.45) is 0.874. The van der Waals surface area contributed by atoms with Crippen LogP contribution in [0.15, 0.2) is 60.7 Å². The van der Waals surface area contributed by atoms with Crippen molar-refractivity contribution in [3.05, 3.63) is 66.2 Å². The topological polar surface area (TPSA) is 95.3 Å². The summed E-state index contributed by atoms with van der Waals surface area (Å²) in [6, 6.07) is 18.3. The Kier molecular flexibility index (Phi) is 6.96. The number of nitrogens with one attached hydrogen (secondary N) is 1. The molecule has 1 heterocycles. The molecule has 178 valence electrons. The van der Waals surface area contributed by atoms with Crippen LogP contribution >= 0.6 is 0 Å². The normalized spacial score (nSPS) is 15.0. The Balaban J connectivity index is 1.39. The highest BCUT2D eigenvalue weighted by Crippen LogP contribution is 2.41. The maximum absolute atomic E-state index is 12.6. The van der Waals surface area contributed by atoms with Gasteiger partial charge in [-0.1, -0.05) is 12.1 Å². The van der Waals surface area contributed by atoms with E-state index in [1.165, 1.54) is 0 Å². The van der Waals surface area contributed by atoms with E-state index in [2.05, 4.69) is 10.2 Å². The summed E-state index contributed by atoms with van der Waals surface area (Å²) in [4.78, 5) is 14.8. The highest BCUT2D eigenvalue weighted by atomic mass is 16.5. The van der Waals surface area contributed by atoms with Gasteiger partial charge in [-0.2, -0.15) is 0 Å². The van der Waals surface area contributed by atoms with E-state index in [4.69, 9.17) is 24.7 Å². The van der Waals surface area contributed by atoms with Gasteiger partial charge in [0.1, 0.15) is 11.9 Å². The predicted octanol–water partition coefficient (Wildman–Crippen LogP) is 4.20. The Bertz CT molecular complexity index is 1120. The number of hydrogen-bond donors (Lipinski definition) is 2. The second-order valence-corrected chi connectivity index (χ2v) is 7.92. The van der Waals surface area contributed by atoms with Gasteiger partial charge >= 0.3 is 0 Å². The van der Waals surface area contributed by atoms with E-state index in [-0.39, 0.29) is 12.0 Å². The molecule has 1 saturated heterocycles. The fraction of sp³-hybridized carbons (Fsp3) is 0.269. The zero-order valence-electron chi connectivity index (χ0n) is 19.5. The summed E-state index contributed by atoms with van der Waals surface area (Å²) in [5.74, 6) is 2.10. The van der Waals surface area contributed by atoms with E-state index in [1.54, 1.807) is 45.6 Å². The van der Waals surface area contributed by atoms with Gasteiger partial charge in [0, 0.05) is 36.3 Å². The highest BCUT2D eigenvalue weighted by molar-refractivity contribution is 6.05. The Hall–Kier alpha value is -4.07. The minimum Gasteiger partial charge on any atom is -0.493 e. The van der Waals surface area contributed by atoms with Gasteiger partial charge in [0.15, 0.2) is 11.5 Å². The van der Waals surface area contributed by atoms with Crippen molar-refractivity contribution >= 4 is 23.0 Å². The van der Waals surface area contributed by atoms with Crippen LogP contribution in [0.3, 0.4) is 0 Å². The Morgan fingerprint density at radius 3 is 2.26 bits per heavy atom. The molecule has 4 rings (SSSR count). The molecular formula is C26H29N3O5. The zero-order chi connectivity index (χ0) is 24.1. The lowest BCUT2D eigenvalue weighted by atomic mass is 10.1. The monoisotopic (exact) mass is 463 g/mol. The SMILES string of the molecule is COc1cc(OC2CCN(c3ccc(C(=O)Nc4ccccc4N)cc3)C2)cc(OC)c1OC. The smallest absolute Gasteiger partial charge is 0.255 e. The first-order valence-corrected chi connectivity index (χ1v) is 11.0. The lowest BCUT2D eigenvalue weighted by Crippen LogP contribution is -2.24. The number of para-hydroxylation sites is 2. The van der Waals surface area contributed by atoms with Gasteiger partial charge in [0.05, 0.1) is 39.2 Å². The number of hydrogen-bond acceptors (Lipinski definition) is 7. The fourth-order valence-electron chi connectivity index (χ4n) is 4.01. The lowest BCUT2D eigenvalue weighted by molar-refractivity contribution is 0.102. The molecule has 1 fully saturated rings. The Morgan fingerprint density at radius 2 is 1.65 bits per heavy atom. The molecule has 0 aromatic heterocycles. The molecular weight excluding hydrogens is 434 g/mol. The van der Waals surface area contributed by atoms with Crippen molar-refractivity contribution in [2.24, 2.45) is 0 Å². The maximum atomic E-state index is 12.6. The molecule has 0 radical (unpaired) electrons. The van der Waals surface area contributed by atoms with Crippen LogP contribution < -0.4 is 34.9 Å². The van der Waals surface area contributed by atoms with Crippen LogP contribution in [0.2, 0.25) is 0 Å². The van der Waals surface area contributed by atoms with Crippen LogP contribution in [0, 0.1) is 0 Å². The summed E-state index contributed by atoms with van der Waals surface area (Å²) < 4.78 is 22.4. The quantitative estimate of drug-likeness (QED) is 0.483. The van der Waals surface area contributed by atoms with Crippen molar-refractivity contribution in [3.63, 3.8) is 0 Å². The Labute approximate surface area is 199 Å². The third-order valence-corrected chi connectivity index (χ3v) is 5.79. The fourth-order valence-corrected chi connectivity index (χ4v) is 4.01. The summed E-state index contributed by atoms with van der Waals surface area (Å²) >= 11 is 0. The molecule has 8 nitrogen and oxygen atoms in total. The largest absolute Gasteiger partial charge is 0.493 e. The molecule has 1 aliphatic heterocycles. The first-order chi connectivity index (χ1) is 16.5. The molecule has 1 atom stereocenters. The van der Waals surface area contributed by atoms with E-state index >= 15 is 0 Å². The lowest BCUT2D eigenvalue weighted by Gasteiger charge is -2.20. The zero-order valence-corrected chi connectivity index (χ0v) is 19.5. The number of carbonyl (C=O) groups is 1. The molecule has 3 aromatic rings. The van der Waals surface area contributed by atoms with Gasteiger partial charge in [-0.3, -0.25) is 4.79 Å². The standard InChI is InChI=1S/C26H29N3O5/c1-31-23-14-20(15-24(32-2)25(23)33-3)34-19-12-13-29(16-19)18-10-8-17(9-11-18)26(30)28-22-7-5-4-6-21(22)27/h4-11,14-15,19H,12-13,16,27H2,1-3H3,(H,28,30). The number of carbonyl (C=O) groups excluding carboxylic acids is 1. The van der Waals surface area contributed by atoms with E-state index in [9.17, 15) is 4.79 Å². The molecule has 3 aromatic carbocycles. The number of nitrogens with two attached hydrogens (primary N) is 1. The van der Waals surface area contributed by atoms with Gasteiger partial charge in [0.2, 0.25) is 5.75 Å². The first-order valence-electron chi connectivity index (χ1n) is 11.0. The predicted molar refractivity (Wildman–Crippen MR) is 133 cm³/mol. The van der Waals surface area contributed by atoms with Crippen LogP contribution in [0.5, 0.6) is 23.0 Å². The van der Waals surface area contributed by atoms with Crippen LogP contribution in [-0.2, 0) is 0 Å². The van der Waals surface area contributed by atoms with Crippen molar-refractivity contribution in [1.82, 2.24) is 0 Å². The van der Waals surface area contributed by atoms with Gasteiger partial charge in [-0.05, 0) is 36.4 Å². The number of methoxy groups -OCH3 is 3. The highest BCUT2D eigenvalue weighted by Gasteiger charge is 2.25. The number of anilines is 3. The Morgan fingerprint density at radius 1 is 0.971 bits per heavy atom. The third-order valence-electron chi connectivity index (χ3n) is 5.79. The second-order valence-electron chi connectivity index (χ2n) is 7.92. The average molecular weight is 464 g/mol. The molecule has 3 N–H and O–H groups in total. The third kappa shape index (κ3) is 4.96. The summed E-state index contributed by atoms with van der Waals surface area (Å²) in [5.41, 5.74) is 8.65. The van der Waals surface area contributed by atoms with Crippen molar-refractivity contribution in [2.75, 3.05) is 50.4 Å². The van der Waals surface area contributed by atoms with Crippen LogP contribution in [0.1, 0.15) is 16.8 Å². The number of nitrogen functional groups attached to an aromatic ring is 1. The minimum absolute atomic E-state index is 0.00633. The van der Waals surface area contributed by atoms with E-state index < -0.39 is 0 Å². The van der Waals surface area contributed by atoms with E-state index in [1.807, 2.05) is 36.4 Å². The summed E-state index contributed by atoms with van der Waals surface area (Å²) in [5, 5.41) is 2.85. The number of nitrogens with zero attached hydrogens (tertiary/aromatic N) is 1. The number of ether oxygens (including phenoxy) is 4. The van der Waals surface area contributed by atoms with Gasteiger partial charge in [0.25, 0.3) is 5.91 Å². The minimum atomic E-state index is -0.200. The summed E-state index contributed by atoms with van der Waals surface area (Å²) in [7, 11) is 4.73. The van der Waals surface area contributed by atoms with Crippen LogP contribution in [-0.4, -0.2) is 46.4 Å². The van der Waals surface area contributed by atoms with E-state index in [0.29, 0.717) is 39.9 Å². The van der Waals surface area contributed by atoms with Gasteiger partial charge in [-0.25, -0.2) is 0 Å². The number of benzene rings is 3. The van der Waals surface area contributed by atoms with Gasteiger partial charge in [-0.15, -0.1) is 0 Å². The molecule has 0 aliphatic carbocycles.